The molecule has 0 amide bonds. The molecule has 0 saturated carbocycles. The number of halogens is 3. The maximum atomic E-state index is 6.35. The fraction of sp³-hybridized carbons (Fsp3) is 0.0476. The minimum absolute atomic E-state index is 0.503. The molecule has 0 unspecified atom stereocenters. The molecule has 0 saturated heterocycles. The van der Waals surface area contributed by atoms with Gasteiger partial charge in [-0.2, -0.15) is 0 Å². The number of nitrogens with zero attached hydrogens (tertiary/aromatic N) is 2. The van der Waals surface area contributed by atoms with E-state index in [0.29, 0.717) is 15.1 Å². The Morgan fingerprint density at radius 3 is 1.46 bits per heavy atom. The summed E-state index contributed by atoms with van der Waals surface area (Å²) in [7, 11) is 0. The van der Waals surface area contributed by atoms with Crippen molar-refractivity contribution in [3.63, 3.8) is 0 Å². The first-order chi connectivity index (χ1) is 12.6. The third-order valence-electron chi connectivity index (χ3n) is 3.70. The van der Waals surface area contributed by atoms with Gasteiger partial charge in [-0.3, -0.25) is 9.98 Å². The highest BCUT2D eigenvalue weighted by molar-refractivity contribution is 6.33. The summed E-state index contributed by atoms with van der Waals surface area (Å²) in [6.07, 6.45) is 2.91. The van der Waals surface area contributed by atoms with Gasteiger partial charge >= 0.3 is 0 Å². The minimum atomic E-state index is -0.503. The Kier molecular flexibility index (Phi) is 6.45. The van der Waals surface area contributed by atoms with E-state index in [1.165, 1.54) is 0 Å². The molecule has 0 aliphatic rings. The predicted molar refractivity (Wildman–Crippen MR) is 112 cm³/mol. The highest BCUT2D eigenvalue weighted by Crippen LogP contribution is 2.27. The van der Waals surface area contributed by atoms with E-state index >= 15 is 0 Å². The summed E-state index contributed by atoms with van der Waals surface area (Å²) in [5.41, 5.74) is 2.44. The Balaban J connectivity index is 1.96. The van der Waals surface area contributed by atoms with Crippen LogP contribution in [-0.2, 0) is 0 Å². The van der Waals surface area contributed by atoms with Gasteiger partial charge in [0.25, 0.3) is 0 Å². The number of benzene rings is 3. The number of hydrogen-bond donors (Lipinski definition) is 0. The summed E-state index contributed by atoms with van der Waals surface area (Å²) in [6, 6.07) is 22.5. The maximum absolute atomic E-state index is 6.35. The first-order valence-corrected chi connectivity index (χ1v) is 9.08. The lowest BCUT2D eigenvalue weighted by atomic mass is 10.1. The van der Waals surface area contributed by atoms with Crippen molar-refractivity contribution < 1.29 is 0 Å². The number of rotatable bonds is 5. The molecule has 0 bridgehead atoms. The molecule has 0 spiro atoms. The summed E-state index contributed by atoms with van der Waals surface area (Å²) < 4.78 is 0. The zero-order chi connectivity index (χ0) is 18.4. The largest absolute Gasteiger partial charge is 0.261 e. The van der Waals surface area contributed by atoms with E-state index in [9.17, 15) is 0 Å². The van der Waals surface area contributed by atoms with Crippen LogP contribution in [0.4, 0.5) is 0 Å². The quantitative estimate of drug-likeness (QED) is 0.416. The second-order valence-corrected chi connectivity index (χ2v) is 6.72. The third kappa shape index (κ3) is 4.73. The van der Waals surface area contributed by atoms with Gasteiger partial charge in [0.1, 0.15) is 0 Å². The van der Waals surface area contributed by atoms with Crippen molar-refractivity contribution >= 4 is 47.2 Å². The lowest BCUT2D eigenvalue weighted by Crippen LogP contribution is -1.96. The molecule has 0 aliphatic heterocycles. The molecule has 2 nitrogen and oxygen atoms in total. The average molecular weight is 402 g/mol. The standard InChI is InChI=1S/C21H15Cl3N2/c22-18-10-4-1-7-15(18)13-25-21(17-9-3-6-12-20(17)24)26-14-16-8-2-5-11-19(16)23/h1-14,21H. The van der Waals surface area contributed by atoms with Crippen LogP contribution < -0.4 is 0 Å². The van der Waals surface area contributed by atoms with Gasteiger partial charge in [0.15, 0.2) is 6.17 Å². The molecule has 0 fully saturated rings. The van der Waals surface area contributed by atoms with E-state index < -0.39 is 6.17 Å². The van der Waals surface area contributed by atoms with Crippen LogP contribution in [0.5, 0.6) is 0 Å². The van der Waals surface area contributed by atoms with Crippen molar-refractivity contribution in [1.29, 1.82) is 0 Å². The van der Waals surface area contributed by atoms with Gasteiger partial charge < -0.3 is 0 Å². The Labute approximate surface area is 167 Å². The minimum Gasteiger partial charge on any atom is -0.261 e. The van der Waals surface area contributed by atoms with Crippen LogP contribution in [0, 0.1) is 0 Å². The second kappa shape index (κ2) is 9.00. The summed E-state index contributed by atoms with van der Waals surface area (Å²) in [4.78, 5) is 9.19. The molecule has 130 valence electrons. The molecule has 0 aromatic heterocycles. The normalized spacial score (nSPS) is 12.7. The van der Waals surface area contributed by atoms with E-state index in [1.54, 1.807) is 12.4 Å². The summed E-state index contributed by atoms with van der Waals surface area (Å²) in [5, 5.41) is 1.86. The van der Waals surface area contributed by atoms with Crippen LogP contribution in [0.3, 0.4) is 0 Å². The van der Waals surface area contributed by atoms with Crippen LogP contribution in [0.1, 0.15) is 22.9 Å². The fourth-order valence-corrected chi connectivity index (χ4v) is 2.95. The van der Waals surface area contributed by atoms with Crippen molar-refractivity contribution in [2.24, 2.45) is 9.98 Å². The highest BCUT2D eigenvalue weighted by atomic mass is 35.5. The third-order valence-corrected chi connectivity index (χ3v) is 4.74. The molecule has 3 aromatic carbocycles. The van der Waals surface area contributed by atoms with Crippen molar-refractivity contribution in [3.8, 4) is 0 Å². The van der Waals surface area contributed by atoms with E-state index in [0.717, 1.165) is 16.7 Å². The van der Waals surface area contributed by atoms with Crippen LogP contribution >= 0.6 is 34.8 Å². The predicted octanol–water partition coefficient (Wildman–Crippen LogP) is 6.88. The Morgan fingerprint density at radius 2 is 1.00 bits per heavy atom. The van der Waals surface area contributed by atoms with Crippen molar-refractivity contribution in [3.05, 3.63) is 105 Å². The molecule has 0 N–H and O–H groups in total. The second-order valence-electron chi connectivity index (χ2n) is 5.49. The lowest BCUT2D eigenvalue weighted by molar-refractivity contribution is 0.787. The molecule has 26 heavy (non-hydrogen) atoms. The van der Waals surface area contributed by atoms with Gasteiger partial charge in [-0.1, -0.05) is 89.4 Å². The smallest absolute Gasteiger partial charge is 0.166 e. The zero-order valence-electron chi connectivity index (χ0n) is 13.7. The Hall–Kier alpha value is -2.13. The maximum Gasteiger partial charge on any atom is 0.166 e. The average Bonchev–Trinajstić information content (AvgIpc) is 2.65. The van der Waals surface area contributed by atoms with Gasteiger partial charge in [0.05, 0.1) is 0 Å². The molecular formula is C21H15Cl3N2. The van der Waals surface area contributed by atoms with Crippen molar-refractivity contribution in [1.82, 2.24) is 0 Å². The molecule has 0 aliphatic carbocycles. The van der Waals surface area contributed by atoms with Crippen LogP contribution in [0.25, 0.3) is 0 Å². The van der Waals surface area contributed by atoms with E-state index in [4.69, 9.17) is 34.8 Å². The van der Waals surface area contributed by atoms with E-state index in [1.807, 2.05) is 72.8 Å². The van der Waals surface area contributed by atoms with Crippen molar-refractivity contribution in [2.45, 2.75) is 6.17 Å². The SMILES string of the molecule is Clc1ccccc1C=NC(N=Cc1ccccc1Cl)c1ccccc1Cl. The zero-order valence-corrected chi connectivity index (χ0v) is 16.0. The van der Waals surface area contributed by atoms with Gasteiger partial charge in [-0.05, 0) is 18.2 Å². The van der Waals surface area contributed by atoms with Gasteiger partial charge in [-0.25, -0.2) is 0 Å². The monoisotopic (exact) mass is 400 g/mol. The van der Waals surface area contributed by atoms with Crippen LogP contribution in [0.15, 0.2) is 82.8 Å². The van der Waals surface area contributed by atoms with Crippen LogP contribution in [-0.4, -0.2) is 12.4 Å². The Bertz CT molecular complexity index is 896. The lowest BCUT2D eigenvalue weighted by Gasteiger charge is -2.10. The van der Waals surface area contributed by atoms with Crippen molar-refractivity contribution in [2.75, 3.05) is 0 Å². The van der Waals surface area contributed by atoms with E-state index in [-0.39, 0.29) is 0 Å². The molecular weight excluding hydrogens is 387 g/mol. The number of hydrogen-bond acceptors (Lipinski definition) is 2. The molecule has 5 heteroatoms. The summed E-state index contributed by atoms with van der Waals surface area (Å²) in [5.74, 6) is 0. The van der Waals surface area contributed by atoms with Crippen LogP contribution in [0.2, 0.25) is 15.1 Å². The fourth-order valence-electron chi connectivity index (χ4n) is 2.34. The Morgan fingerprint density at radius 1 is 0.577 bits per heavy atom. The topological polar surface area (TPSA) is 24.7 Å². The first-order valence-electron chi connectivity index (χ1n) is 7.95. The summed E-state index contributed by atoms with van der Waals surface area (Å²) in [6.45, 7) is 0. The molecule has 0 atom stereocenters. The van der Waals surface area contributed by atoms with E-state index in [2.05, 4.69) is 9.98 Å². The molecule has 3 rings (SSSR count). The molecule has 0 radical (unpaired) electrons. The van der Waals surface area contributed by atoms with Gasteiger partial charge in [-0.15, -0.1) is 0 Å². The van der Waals surface area contributed by atoms with Gasteiger partial charge in [0.2, 0.25) is 0 Å². The molecule has 0 heterocycles. The summed E-state index contributed by atoms with van der Waals surface area (Å²) >= 11 is 18.8. The molecule has 3 aromatic rings. The highest BCUT2D eigenvalue weighted by Gasteiger charge is 2.11. The van der Waals surface area contributed by atoms with Gasteiger partial charge in [0, 0.05) is 44.2 Å². The first kappa shape index (κ1) is 18.7. The number of aliphatic imine (C=N–C) groups is 2.